The Morgan fingerprint density at radius 2 is 1.67 bits per heavy atom. The fourth-order valence-electron chi connectivity index (χ4n) is 4.57. The van der Waals surface area contributed by atoms with E-state index in [1.54, 1.807) is 54.6 Å². The minimum atomic E-state index is -1.03. The second kappa shape index (κ2) is 13.3. The Hall–Kier alpha value is -4.42. The molecule has 1 aliphatic heterocycles. The zero-order chi connectivity index (χ0) is 30.5. The van der Waals surface area contributed by atoms with Gasteiger partial charge in [-0.15, -0.1) is 10.2 Å². The van der Waals surface area contributed by atoms with E-state index in [0.717, 1.165) is 16.9 Å². The van der Waals surface area contributed by atoms with Crippen LogP contribution < -0.4 is 19.1 Å². The highest BCUT2D eigenvalue weighted by atomic mass is 32.2. The molecule has 1 atom stereocenters. The van der Waals surface area contributed by atoms with Crippen molar-refractivity contribution in [3.63, 3.8) is 0 Å². The first-order valence-corrected chi connectivity index (χ1v) is 15.2. The van der Waals surface area contributed by atoms with E-state index in [1.807, 2.05) is 13.8 Å². The van der Waals surface area contributed by atoms with Crippen molar-refractivity contribution in [1.29, 1.82) is 0 Å². The van der Waals surface area contributed by atoms with E-state index in [2.05, 4.69) is 10.2 Å². The molecule has 222 valence electrons. The summed E-state index contributed by atoms with van der Waals surface area (Å²) in [6.07, 6.45) is 0. The van der Waals surface area contributed by atoms with Crippen molar-refractivity contribution in [3.05, 3.63) is 94.8 Å². The van der Waals surface area contributed by atoms with Gasteiger partial charge in [0.25, 0.3) is 5.78 Å². The number of thioether (sulfide) groups is 1. The summed E-state index contributed by atoms with van der Waals surface area (Å²) in [5.41, 5.74) is 1.64. The van der Waals surface area contributed by atoms with Crippen molar-refractivity contribution in [2.45, 2.75) is 30.0 Å². The highest BCUT2D eigenvalue weighted by Crippen LogP contribution is 2.45. The van der Waals surface area contributed by atoms with Crippen LogP contribution in [0, 0.1) is 5.82 Å². The van der Waals surface area contributed by atoms with Crippen molar-refractivity contribution in [2.75, 3.05) is 25.2 Å². The molecule has 0 bridgehead atoms. The van der Waals surface area contributed by atoms with Crippen molar-refractivity contribution >= 4 is 45.7 Å². The third kappa shape index (κ3) is 6.35. The lowest BCUT2D eigenvalue weighted by molar-refractivity contribution is -0.132. The number of aliphatic hydroxyl groups is 1. The van der Waals surface area contributed by atoms with Gasteiger partial charge in [0.15, 0.2) is 15.8 Å². The van der Waals surface area contributed by atoms with Crippen LogP contribution in [0.25, 0.3) is 5.76 Å². The third-order valence-corrected chi connectivity index (χ3v) is 8.70. The molecule has 1 saturated heterocycles. The maximum Gasteiger partial charge on any atom is 0.301 e. The molecule has 0 spiro atoms. The van der Waals surface area contributed by atoms with Gasteiger partial charge in [-0.3, -0.25) is 14.5 Å². The average molecular weight is 622 g/mol. The van der Waals surface area contributed by atoms with Crippen LogP contribution in [0.1, 0.15) is 36.6 Å². The van der Waals surface area contributed by atoms with Gasteiger partial charge in [-0.1, -0.05) is 41.3 Å². The van der Waals surface area contributed by atoms with E-state index < -0.39 is 17.7 Å². The molecular formula is C31H28FN3O6S2. The number of amides is 1. The van der Waals surface area contributed by atoms with Crippen molar-refractivity contribution < 1.29 is 33.3 Å². The lowest BCUT2D eigenvalue weighted by Crippen LogP contribution is -2.29. The Morgan fingerprint density at radius 3 is 2.35 bits per heavy atom. The summed E-state index contributed by atoms with van der Waals surface area (Å²) in [5.74, 6) is -0.347. The molecule has 43 heavy (non-hydrogen) atoms. The number of hydrogen-bond donors (Lipinski definition) is 1. The summed E-state index contributed by atoms with van der Waals surface area (Å²) in [7, 11) is 1.52. The summed E-state index contributed by atoms with van der Waals surface area (Å²) < 4.78 is 30.6. The molecule has 1 aromatic heterocycles. The van der Waals surface area contributed by atoms with Crippen molar-refractivity contribution in [2.24, 2.45) is 0 Å². The van der Waals surface area contributed by atoms with Gasteiger partial charge in [0, 0.05) is 11.3 Å². The lowest BCUT2D eigenvalue weighted by atomic mass is 9.95. The fourth-order valence-corrected chi connectivity index (χ4v) is 6.39. The number of carbonyl (C=O) groups is 2. The standard InChI is InChI=1S/C31H28FN3O6S2/c1-4-40-23-15-10-20(16-24(23)41-5-2)26-25(27(36)19-8-13-22(39-3)14-9-19)28(37)29(38)35(26)30-33-34-31(43-30)42-17-18-6-11-21(32)12-7-18/h6-16,26,36H,4-5,17H2,1-3H3/b27-25+. The van der Waals surface area contributed by atoms with E-state index in [1.165, 1.54) is 35.9 Å². The summed E-state index contributed by atoms with van der Waals surface area (Å²) in [5, 5.41) is 20.1. The molecule has 1 N–H and O–H groups in total. The van der Waals surface area contributed by atoms with E-state index in [-0.39, 0.29) is 22.3 Å². The summed E-state index contributed by atoms with van der Waals surface area (Å²) >= 11 is 2.51. The predicted octanol–water partition coefficient (Wildman–Crippen LogP) is 6.40. The molecule has 1 amide bonds. The minimum absolute atomic E-state index is 0.0995. The highest BCUT2D eigenvalue weighted by molar-refractivity contribution is 8.00. The Morgan fingerprint density at radius 1 is 0.977 bits per heavy atom. The highest BCUT2D eigenvalue weighted by Gasteiger charge is 2.48. The van der Waals surface area contributed by atoms with Gasteiger partial charge < -0.3 is 19.3 Å². The van der Waals surface area contributed by atoms with Gasteiger partial charge in [0.1, 0.15) is 17.3 Å². The van der Waals surface area contributed by atoms with Gasteiger partial charge in [0.2, 0.25) is 5.13 Å². The van der Waals surface area contributed by atoms with Crippen LogP contribution in [0.5, 0.6) is 17.2 Å². The number of rotatable bonds is 11. The smallest absolute Gasteiger partial charge is 0.301 e. The number of aromatic nitrogens is 2. The van der Waals surface area contributed by atoms with Crippen LogP contribution in [0.4, 0.5) is 9.52 Å². The van der Waals surface area contributed by atoms with Gasteiger partial charge >= 0.3 is 5.91 Å². The van der Waals surface area contributed by atoms with Crippen LogP contribution in [0.2, 0.25) is 0 Å². The maximum atomic E-state index is 13.6. The first-order valence-electron chi connectivity index (χ1n) is 13.4. The normalized spacial score (nSPS) is 16.0. The number of ether oxygens (including phenoxy) is 3. The first-order chi connectivity index (χ1) is 20.8. The molecule has 12 heteroatoms. The van der Waals surface area contributed by atoms with Crippen LogP contribution in [0.15, 0.2) is 76.6 Å². The largest absolute Gasteiger partial charge is 0.507 e. The summed E-state index contributed by atoms with van der Waals surface area (Å²) in [4.78, 5) is 28.4. The third-order valence-electron chi connectivity index (χ3n) is 6.57. The molecule has 1 fully saturated rings. The Balaban J connectivity index is 1.57. The number of aliphatic hydroxyl groups excluding tert-OH is 1. The van der Waals surface area contributed by atoms with Crippen LogP contribution in [-0.4, -0.2) is 47.3 Å². The molecular weight excluding hydrogens is 593 g/mol. The Kier molecular flexibility index (Phi) is 9.27. The molecule has 0 aliphatic carbocycles. The topological polar surface area (TPSA) is 111 Å². The molecule has 1 aliphatic rings. The molecule has 0 saturated carbocycles. The summed E-state index contributed by atoms with van der Waals surface area (Å²) in [6, 6.07) is 16.8. The van der Waals surface area contributed by atoms with Gasteiger partial charge in [0.05, 0.1) is 31.9 Å². The van der Waals surface area contributed by atoms with Gasteiger partial charge in [-0.05, 0) is 73.5 Å². The zero-order valence-corrected chi connectivity index (χ0v) is 25.2. The number of halogens is 1. The van der Waals surface area contributed by atoms with E-state index in [0.29, 0.717) is 51.7 Å². The molecule has 9 nitrogen and oxygen atoms in total. The molecule has 3 aromatic carbocycles. The lowest BCUT2D eigenvalue weighted by Gasteiger charge is -2.23. The molecule has 0 radical (unpaired) electrons. The summed E-state index contributed by atoms with van der Waals surface area (Å²) in [6.45, 7) is 4.47. The van der Waals surface area contributed by atoms with Crippen molar-refractivity contribution in [3.8, 4) is 17.2 Å². The fraction of sp³-hybridized carbons (Fsp3) is 0.226. The Bertz CT molecular complexity index is 1660. The average Bonchev–Trinajstić information content (AvgIpc) is 3.59. The van der Waals surface area contributed by atoms with Crippen molar-refractivity contribution in [1.82, 2.24) is 10.2 Å². The Labute approximate surface area is 255 Å². The zero-order valence-electron chi connectivity index (χ0n) is 23.6. The molecule has 4 aromatic rings. The number of carbonyl (C=O) groups excluding carboxylic acids is 2. The number of Topliss-reactive ketones (excluding diaryl/α,β-unsaturated/α-hetero) is 1. The first kappa shape index (κ1) is 30.1. The molecule has 5 rings (SSSR count). The van der Waals surface area contributed by atoms with Gasteiger partial charge in [-0.2, -0.15) is 0 Å². The SMILES string of the molecule is CCOc1ccc(C2/C(=C(\O)c3ccc(OC)cc3)C(=O)C(=O)N2c2nnc(SCc3ccc(F)cc3)s2)cc1OCC. The number of benzene rings is 3. The van der Waals surface area contributed by atoms with Crippen LogP contribution in [0.3, 0.4) is 0 Å². The van der Waals surface area contributed by atoms with E-state index >= 15 is 0 Å². The molecule has 1 unspecified atom stereocenters. The van der Waals surface area contributed by atoms with E-state index in [4.69, 9.17) is 14.2 Å². The van der Waals surface area contributed by atoms with Crippen LogP contribution >= 0.6 is 23.1 Å². The number of hydrogen-bond acceptors (Lipinski definition) is 10. The number of nitrogens with zero attached hydrogens (tertiary/aromatic N) is 3. The van der Waals surface area contributed by atoms with Gasteiger partial charge in [-0.25, -0.2) is 4.39 Å². The van der Waals surface area contributed by atoms with E-state index in [9.17, 15) is 19.1 Å². The predicted molar refractivity (Wildman–Crippen MR) is 162 cm³/mol. The molecule has 2 heterocycles. The number of methoxy groups -OCH3 is 1. The quantitative estimate of drug-likeness (QED) is 0.0668. The minimum Gasteiger partial charge on any atom is -0.507 e. The number of ketones is 1. The second-order valence-electron chi connectivity index (χ2n) is 9.24. The second-order valence-corrected chi connectivity index (χ2v) is 11.4. The number of anilines is 1. The maximum absolute atomic E-state index is 13.6. The monoisotopic (exact) mass is 621 g/mol. The van der Waals surface area contributed by atoms with Crippen LogP contribution in [-0.2, 0) is 15.3 Å².